The zero-order valence-electron chi connectivity index (χ0n) is 16.5. The van der Waals surface area contributed by atoms with Crippen LogP contribution in [-0.2, 0) is 11.2 Å². The van der Waals surface area contributed by atoms with Gasteiger partial charge in [-0.15, -0.1) is 0 Å². The summed E-state index contributed by atoms with van der Waals surface area (Å²) in [4.78, 5) is 11.9. The van der Waals surface area contributed by atoms with E-state index in [1.807, 2.05) is 30.3 Å². The van der Waals surface area contributed by atoms with Crippen molar-refractivity contribution >= 4 is 5.91 Å². The summed E-state index contributed by atoms with van der Waals surface area (Å²) in [7, 11) is 1.58. The zero-order valence-corrected chi connectivity index (χ0v) is 16.5. The second kappa shape index (κ2) is 7.98. The van der Waals surface area contributed by atoms with Crippen LogP contribution in [0.4, 0.5) is 0 Å². The molecule has 1 amide bonds. The Morgan fingerprint density at radius 1 is 1.13 bits per heavy atom. The van der Waals surface area contributed by atoms with Gasteiger partial charge in [0.25, 0.3) is 5.91 Å². The Morgan fingerprint density at radius 2 is 1.90 bits per heavy atom. The minimum absolute atomic E-state index is 0.164. The summed E-state index contributed by atoms with van der Waals surface area (Å²) in [5, 5.41) is 42.8. The average molecular weight is 415 g/mol. The summed E-state index contributed by atoms with van der Waals surface area (Å²) < 4.78 is 11.7. The Labute approximate surface area is 173 Å². The summed E-state index contributed by atoms with van der Waals surface area (Å²) in [5.74, 6) is -1.21. The molecule has 0 radical (unpaired) electrons. The molecule has 0 aliphatic carbocycles. The van der Waals surface area contributed by atoms with Gasteiger partial charge in [-0.25, -0.2) is 0 Å². The van der Waals surface area contributed by atoms with Gasteiger partial charge >= 0.3 is 0 Å². The SMILES string of the molecule is CNC(=O)c1cccc(-c2ccc3c(c2)CCC2(O3)OC(CO)C(O)C(O)C2O)c1. The number of fused-ring (bicyclic) bond motifs is 1. The number of aliphatic hydroxyl groups excluding tert-OH is 4. The molecular weight excluding hydrogens is 390 g/mol. The number of carbonyl (C=O) groups is 1. The van der Waals surface area contributed by atoms with Crippen LogP contribution in [-0.4, -0.2) is 70.2 Å². The molecule has 2 aromatic rings. The molecule has 5 N–H and O–H groups in total. The van der Waals surface area contributed by atoms with E-state index in [1.54, 1.807) is 19.2 Å². The second-order valence-electron chi connectivity index (χ2n) is 7.66. The summed E-state index contributed by atoms with van der Waals surface area (Å²) in [6, 6.07) is 12.8. The fourth-order valence-corrected chi connectivity index (χ4v) is 4.08. The number of carbonyl (C=O) groups excluding carboxylic acids is 1. The maximum absolute atomic E-state index is 11.9. The molecule has 2 aromatic carbocycles. The van der Waals surface area contributed by atoms with E-state index in [0.717, 1.165) is 16.7 Å². The van der Waals surface area contributed by atoms with Gasteiger partial charge in [-0.2, -0.15) is 0 Å². The van der Waals surface area contributed by atoms with Crippen molar-refractivity contribution in [1.29, 1.82) is 0 Å². The standard InChI is InChI=1S/C22H25NO7/c1-23-21(28)15-4-2-3-12(10-15)13-5-6-16-14(9-13)7-8-22(29-16)20(27)19(26)18(25)17(11-24)30-22/h2-6,9-10,17-20,24-27H,7-8,11H2,1H3,(H,23,28). The van der Waals surface area contributed by atoms with Crippen molar-refractivity contribution < 1.29 is 34.7 Å². The maximum Gasteiger partial charge on any atom is 0.251 e. The molecule has 30 heavy (non-hydrogen) atoms. The molecule has 2 aliphatic rings. The highest BCUT2D eigenvalue weighted by Gasteiger charge is 2.56. The van der Waals surface area contributed by atoms with Crippen LogP contribution in [0.3, 0.4) is 0 Å². The number of hydrogen-bond acceptors (Lipinski definition) is 7. The first kappa shape index (κ1) is 20.8. The van der Waals surface area contributed by atoms with Crippen LogP contribution in [0.2, 0.25) is 0 Å². The highest BCUT2D eigenvalue weighted by molar-refractivity contribution is 5.95. The van der Waals surface area contributed by atoms with E-state index in [-0.39, 0.29) is 12.3 Å². The van der Waals surface area contributed by atoms with Crippen LogP contribution < -0.4 is 10.1 Å². The van der Waals surface area contributed by atoms with Crippen molar-refractivity contribution in [3.8, 4) is 16.9 Å². The lowest BCUT2D eigenvalue weighted by Crippen LogP contribution is -2.68. The van der Waals surface area contributed by atoms with E-state index < -0.39 is 36.8 Å². The van der Waals surface area contributed by atoms with Crippen molar-refractivity contribution in [2.45, 2.75) is 43.0 Å². The highest BCUT2D eigenvalue weighted by Crippen LogP contribution is 2.42. The smallest absolute Gasteiger partial charge is 0.251 e. The summed E-state index contributed by atoms with van der Waals surface area (Å²) in [6.07, 6.45) is -4.69. The fourth-order valence-electron chi connectivity index (χ4n) is 4.08. The van der Waals surface area contributed by atoms with E-state index in [0.29, 0.717) is 17.7 Å². The summed E-state index contributed by atoms with van der Waals surface area (Å²) >= 11 is 0. The van der Waals surface area contributed by atoms with Gasteiger partial charge in [-0.05, 0) is 47.4 Å². The quantitative estimate of drug-likeness (QED) is 0.485. The summed E-state index contributed by atoms with van der Waals surface area (Å²) in [6.45, 7) is -0.510. The minimum Gasteiger partial charge on any atom is -0.459 e. The van der Waals surface area contributed by atoms with Gasteiger partial charge in [-0.3, -0.25) is 4.79 Å². The van der Waals surface area contributed by atoms with E-state index >= 15 is 0 Å². The van der Waals surface area contributed by atoms with Gasteiger partial charge in [0.1, 0.15) is 30.2 Å². The molecule has 8 nitrogen and oxygen atoms in total. The van der Waals surface area contributed by atoms with Crippen LogP contribution in [0.15, 0.2) is 42.5 Å². The first-order valence-electron chi connectivity index (χ1n) is 9.86. The summed E-state index contributed by atoms with van der Waals surface area (Å²) in [5.41, 5.74) is 3.24. The predicted molar refractivity (Wildman–Crippen MR) is 107 cm³/mol. The van der Waals surface area contributed by atoms with Crippen LogP contribution in [0, 0.1) is 0 Å². The van der Waals surface area contributed by atoms with Crippen molar-refractivity contribution in [3.63, 3.8) is 0 Å². The number of hydrogen-bond donors (Lipinski definition) is 5. The maximum atomic E-state index is 11.9. The third-order valence-electron chi connectivity index (χ3n) is 5.81. The Hall–Kier alpha value is -2.49. The van der Waals surface area contributed by atoms with Gasteiger partial charge < -0.3 is 35.2 Å². The van der Waals surface area contributed by atoms with Crippen LogP contribution in [0.1, 0.15) is 22.3 Å². The third kappa shape index (κ3) is 3.46. The predicted octanol–water partition coefficient (Wildman–Crippen LogP) is 0.208. The Morgan fingerprint density at radius 3 is 2.63 bits per heavy atom. The van der Waals surface area contributed by atoms with Crippen LogP contribution in [0.25, 0.3) is 11.1 Å². The van der Waals surface area contributed by atoms with Crippen LogP contribution >= 0.6 is 0 Å². The molecule has 1 fully saturated rings. The fraction of sp³-hybridized carbons (Fsp3) is 0.409. The lowest BCUT2D eigenvalue weighted by atomic mass is 9.86. The first-order valence-corrected chi connectivity index (χ1v) is 9.86. The molecule has 1 spiro atoms. The lowest BCUT2D eigenvalue weighted by Gasteiger charge is -2.49. The molecule has 2 heterocycles. The first-order chi connectivity index (χ1) is 14.4. The third-order valence-corrected chi connectivity index (χ3v) is 5.81. The molecule has 0 saturated carbocycles. The van der Waals surface area contributed by atoms with Gasteiger partial charge in [0, 0.05) is 19.0 Å². The molecule has 0 aromatic heterocycles. The molecule has 5 unspecified atom stereocenters. The normalized spacial score (nSPS) is 30.4. The van der Waals surface area contributed by atoms with Gasteiger partial charge in [-0.1, -0.05) is 18.2 Å². The van der Waals surface area contributed by atoms with Gasteiger partial charge in [0.15, 0.2) is 0 Å². The number of rotatable bonds is 3. The van der Waals surface area contributed by atoms with Crippen molar-refractivity contribution in [3.05, 3.63) is 53.6 Å². The van der Waals surface area contributed by atoms with Gasteiger partial charge in [0.2, 0.25) is 5.79 Å². The van der Waals surface area contributed by atoms with E-state index in [1.165, 1.54) is 0 Å². The number of benzene rings is 2. The van der Waals surface area contributed by atoms with Crippen molar-refractivity contribution in [2.24, 2.45) is 0 Å². The molecule has 1 saturated heterocycles. The molecule has 8 heteroatoms. The topological polar surface area (TPSA) is 128 Å². The van der Waals surface area contributed by atoms with E-state index in [4.69, 9.17) is 9.47 Å². The average Bonchev–Trinajstić information content (AvgIpc) is 2.79. The molecule has 0 bridgehead atoms. The van der Waals surface area contributed by atoms with Crippen molar-refractivity contribution in [2.75, 3.05) is 13.7 Å². The molecule has 4 rings (SSSR count). The number of nitrogens with one attached hydrogen (secondary N) is 1. The highest BCUT2D eigenvalue weighted by atomic mass is 16.7. The van der Waals surface area contributed by atoms with Crippen molar-refractivity contribution in [1.82, 2.24) is 5.32 Å². The van der Waals surface area contributed by atoms with Crippen LogP contribution in [0.5, 0.6) is 5.75 Å². The number of aryl methyl sites for hydroxylation is 1. The molecule has 160 valence electrons. The Bertz CT molecular complexity index is 947. The number of aliphatic hydroxyl groups is 4. The van der Waals surface area contributed by atoms with Gasteiger partial charge in [0.05, 0.1) is 6.61 Å². The number of amides is 1. The monoisotopic (exact) mass is 415 g/mol. The molecule has 5 atom stereocenters. The molecule has 2 aliphatic heterocycles. The Kier molecular flexibility index (Phi) is 5.52. The molecular formula is C22H25NO7. The second-order valence-corrected chi connectivity index (χ2v) is 7.66. The lowest BCUT2D eigenvalue weighted by molar-refractivity contribution is -0.342. The minimum atomic E-state index is -1.54. The largest absolute Gasteiger partial charge is 0.459 e. The Balaban J connectivity index is 1.62. The zero-order chi connectivity index (χ0) is 21.5. The van der Waals surface area contributed by atoms with E-state index in [2.05, 4.69) is 5.32 Å². The number of ether oxygens (including phenoxy) is 2. The van der Waals surface area contributed by atoms with E-state index in [9.17, 15) is 25.2 Å².